The molecule has 10 nitrogen and oxygen atoms in total. The Morgan fingerprint density at radius 3 is 2.40 bits per heavy atom. The first-order valence-electron chi connectivity index (χ1n) is 15.4. The molecular weight excluding hydrogens is 645 g/mol. The number of nitrogens with zero attached hydrogens (tertiary/aromatic N) is 2. The number of nitrogens with one attached hydrogen (secondary N) is 1. The normalized spacial score (nSPS) is 24.4. The van der Waals surface area contributed by atoms with Gasteiger partial charge in [0.15, 0.2) is 17.2 Å². The number of carbonyl (C=O) groups is 3. The van der Waals surface area contributed by atoms with Gasteiger partial charge >= 0.3 is 12.3 Å². The maximum atomic E-state index is 15.0. The molecule has 48 heavy (non-hydrogen) atoms. The number of alkyl halides is 3. The van der Waals surface area contributed by atoms with E-state index in [4.69, 9.17) is 18.9 Å². The molecule has 262 valence electrons. The second-order valence-electron chi connectivity index (χ2n) is 13.4. The molecule has 4 atom stereocenters. The average molecular weight is 684 g/mol. The smallest absolute Gasteiger partial charge is 0.417 e. The van der Waals surface area contributed by atoms with E-state index in [1.165, 1.54) is 31.1 Å². The number of carbonyl (C=O) groups excluding carboxylic acids is 3. The largest absolute Gasteiger partial charge is 0.488 e. The van der Waals surface area contributed by atoms with Gasteiger partial charge in [-0.25, -0.2) is 9.18 Å². The van der Waals surface area contributed by atoms with Crippen LogP contribution in [0.5, 0.6) is 5.75 Å². The number of fused-ring (bicyclic) bond motifs is 1. The maximum absolute atomic E-state index is 15.0. The Morgan fingerprint density at radius 1 is 1.08 bits per heavy atom. The molecule has 15 heteroatoms. The number of hydrogen-bond donors (Lipinski definition) is 1. The van der Waals surface area contributed by atoms with Gasteiger partial charge in [0.1, 0.15) is 18.3 Å². The molecule has 0 unspecified atom stereocenters. The van der Waals surface area contributed by atoms with Crippen LogP contribution in [0.4, 0.5) is 32.4 Å². The SMILES string of the molecule is COCCOc1c([C@H]2[C@H](C(=O)Nc3ccc4c(c3)CN(C3CN(C(=O)OC(C)(C)C)C3)C4=O)O[C@@](C)(C(F)(F)F)[C@H]2C)ccc(F)c1F. The van der Waals surface area contributed by atoms with Crippen molar-refractivity contribution < 1.29 is 55.3 Å². The van der Waals surface area contributed by atoms with Crippen LogP contribution < -0.4 is 10.1 Å². The zero-order valence-electron chi connectivity index (χ0n) is 27.4. The first-order valence-corrected chi connectivity index (χ1v) is 15.4. The number of amides is 3. The van der Waals surface area contributed by atoms with E-state index in [0.717, 1.165) is 19.1 Å². The van der Waals surface area contributed by atoms with Crippen LogP contribution in [0.25, 0.3) is 0 Å². The summed E-state index contributed by atoms with van der Waals surface area (Å²) in [6, 6.07) is 6.09. The zero-order chi connectivity index (χ0) is 35.3. The molecule has 3 amide bonds. The summed E-state index contributed by atoms with van der Waals surface area (Å²) in [5.41, 5.74) is -2.51. The molecule has 0 spiro atoms. The van der Waals surface area contributed by atoms with E-state index in [-0.39, 0.29) is 56.0 Å². The Bertz CT molecular complexity index is 1590. The summed E-state index contributed by atoms with van der Waals surface area (Å²) in [4.78, 5) is 42.3. The molecule has 3 heterocycles. The van der Waals surface area contributed by atoms with Gasteiger partial charge in [-0.1, -0.05) is 13.0 Å². The standard InChI is InChI=1S/C33H38F5N3O7/c1-17-24(22-9-10-23(34)25(35)26(22)46-12-11-45-6)27(47-32(17,5)33(36,37)38)28(42)39-19-7-8-21-18(13-19)14-41(29(21)43)20-15-40(16-20)30(44)48-31(2,3)4/h7-10,13,17,20,24,27H,11-12,14-16H2,1-6H3,(H,39,42)/t17-,24-,27+,32+/m0/s1. The van der Waals surface area contributed by atoms with E-state index < -0.39 is 64.7 Å². The minimum Gasteiger partial charge on any atom is -0.488 e. The van der Waals surface area contributed by atoms with Crippen molar-refractivity contribution in [3.05, 3.63) is 58.7 Å². The zero-order valence-corrected chi connectivity index (χ0v) is 27.4. The fourth-order valence-corrected chi connectivity index (χ4v) is 6.26. The van der Waals surface area contributed by atoms with E-state index in [2.05, 4.69) is 5.32 Å². The van der Waals surface area contributed by atoms with E-state index in [1.54, 1.807) is 31.7 Å². The van der Waals surface area contributed by atoms with Gasteiger partial charge in [0.2, 0.25) is 5.82 Å². The fourth-order valence-electron chi connectivity index (χ4n) is 6.26. The summed E-state index contributed by atoms with van der Waals surface area (Å²) < 4.78 is 93.6. The van der Waals surface area contributed by atoms with Crippen molar-refractivity contribution in [1.29, 1.82) is 0 Å². The van der Waals surface area contributed by atoms with Crippen LogP contribution in [0.2, 0.25) is 0 Å². The van der Waals surface area contributed by atoms with Crippen molar-refractivity contribution in [2.45, 2.75) is 76.6 Å². The summed E-state index contributed by atoms with van der Waals surface area (Å²) >= 11 is 0. The lowest BCUT2D eigenvalue weighted by Crippen LogP contribution is -2.61. The summed E-state index contributed by atoms with van der Waals surface area (Å²) in [5, 5.41) is 2.59. The molecule has 0 saturated carbocycles. The molecule has 2 aromatic carbocycles. The monoisotopic (exact) mass is 683 g/mol. The van der Waals surface area contributed by atoms with Crippen LogP contribution >= 0.6 is 0 Å². The van der Waals surface area contributed by atoms with E-state index >= 15 is 4.39 Å². The van der Waals surface area contributed by atoms with Gasteiger partial charge in [0.05, 0.1) is 12.6 Å². The van der Waals surface area contributed by atoms with Gasteiger partial charge in [0, 0.05) is 55.4 Å². The highest BCUT2D eigenvalue weighted by molar-refractivity contribution is 6.00. The molecule has 5 rings (SSSR count). The predicted molar refractivity (Wildman–Crippen MR) is 162 cm³/mol. The molecule has 2 aromatic rings. The number of hydrogen-bond acceptors (Lipinski definition) is 7. The average Bonchev–Trinajstić information content (AvgIpc) is 3.42. The van der Waals surface area contributed by atoms with Crippen molar-refractivity contribution in [2.75, 3.05) is 38.7 Å². The van der Waals surface area contributed by atoms with Gasteiger partial charge in [0.25, 0.3) is 11.8 Å². The first kappa shape index (κ1) is 35.3. The molecule has 0 bridgehead atoms. The lowest BCUT2D eigenvalue weighted by atomic mass is 9.77. The number of benzene rings is 2. The van der Waals surface area contributed by atoms with Gasteiger partial charge in [-0.3, -0.25) is 9.59 Å². The summed E-state index contributed by atoms with van der Waals surface area (Å²) in [6.07, 6.45) is -7.19. The van der Waals surface area contributed by atoms with E-state index in [1.807, 2.05) is 0 Å². The third-order valence-electron chi connectivity index (χ3n) is 9.06. The second kappa shape index (κ2) is 12.8. The van der Waals surface area contributed by atoms with E-state index in [9.17, 15) is 31.9 Å². The summed E-state index contributed by atoms with van der Waals surface area (Å²) in [6.45, 7) is 7.82. The Hall–Kier alpha value is -3.98. The lowest BCUT2D eigenvalue weighted by molar-refractivity contribution is -0.272. The number of ether oxygens (including phenoxy) is 4. The minimum atomic E-state index is -4.92. The van der Waals surface area contributed by atoms with Crippen molar-refractivity contribution in [1.82, 2.24) is 9.80 Å². The maximum Gasteiger partial charge on any atom is 0.417 e. The van der Waals surface area contributed by atoms with Crippen LogP contribution in [0, 0.1) is 17.6 Å². The quantitative estimate of drug-likeness (QED) is 0.284. The highest BCUT2D eigenvalue weighted by Gasteiger charge is 2.66. The first-order chi connectivity index (χ1) is 22.4. The number of anilines is 1. The van der Waals surface area contributed by atoms with Gasteiger partial charge in [-0.05, 0) is 57.5 Å². The van der Waals surface area contributed by atoms with Crippen molar-refractivity contribution in [3.63, 3.8) is 0 Å². The van der Waals surface area contributed by atoms with Crippen molar-refractivity contribution in [3.8, 4) is 5.75 Å². The highest BCUT2D eigenvalue weighted by atomic mass is 19.4. The molecule has 2 fully saturated rings. The van der Waals surface area contributed by atoms with Crippen LogP contribution in [0.1, 0.15) is 62.0 Å². The molecule has 0 aliphatic carbocycles. The molecular formula is C33H38F5N3O7. The number of rotatable bonds is 8. The lowest BCUT2D eigenvalue weighted by Gasteiger charge is -2.43. The fraction of sp³-hybridized carbons (Fsp3) is 0.545. The molecule has 0 radical (unpaired) electrons. The molecule has 3 aliphatic rings. The topological polar surface area (TPSA) is 107 Å². The van der Waals surface area contributed by atoms with Crippen LogP contribution in [0.15, 0.2) is 30.3 Å². The predicted octanol–water partition coefficient (Wildman–Crippen LogP) is 5.64. The third kappa shape index (κ3) is 6.53. The van der Waals surface area contributed by atoms with Gasteiger partial charge in [-0.15, -0.1) is 0 Å². The Kier molecular flexibility index (Phi) is 9.42. The molecule has 0 aromatic heterocycles. The van der Waals surface area contributed by atoms with Crippen LogP contribution in [-0.4, -0.2) is 90.6 Å². The highest BCUT2D eigenvalue weighted by Crippen LogP contribution is 2.55. The number of halogens is 5. The van der Waals surface area contributed by atoms with Gasteiger partial charge < -0.3 is 34.1 Å². The van der Waals surface area contributed by atoms with Crippen molar-refractivity contribution in [2.24, 2.45) is 5.92 Å². The summed E-state index contributed by atoms with van der Waals surface area (Å²) in [5.74, 6) is -7.37. The van der Waals surface area contributed by atoms with Crippen LogP contribution in [-0.2, 0) is 25.5 Å². The van der Waals surface area contributed by atoms with Crippen molar-refractivity contribution >= 4 is 23.6 Å². The molecule has 1 N–H and O–H groups in total. The second-order valence-corrected chi connectivity index (χ2v) is 13.4. The van der Waals surface area contributed by atoms with E-state index in [0.29, 0.717) is 11.1 Å². The molecule has 2 saturated heterocycles. The Labute approximate surface area is 274 Å². The summed E-state index contributed by atoms with van der Waals surface area (Å²) in [7, 11) is 1.36. The number of methoxy groups -OCH3 is 1. The molecule has 3 aliphatic heterocycles. The third-order valence-corrected chi connectivity index (χ3v) is 9.06. The Morgan fingerprint density at radius 2 is 1.77 bits per heavy atom. The van der Waals surface area contributed by atoms with Crippen LogP contribution in [0.3, 0.4) is 0 Å². The Balaban J connectivity index is 1.36. The minimum absolute atomic E-state index is 0.0166. The van der Waals surface area contributed by atoms with Gasteiger partial charge in [-0.2, -0.15) is 17.6 Å². The number of likely N-dealkylation sites (tertiary alicyclic amines) is 1.